The van der Waals surface area contributed by atoms with E-state index in [1.165, 1.54) is 12.1 Å². The van der Waals surface area contributed by atoms with Crippen molar-refractivity contribution in [2.24, 2.45) is 0 Å². The monoisotopic (exact) mass is 354 g/mol. The third-order valence-corrected chi connectivity index (χ3v) is 3.91. The van der Waals surface area contributed by atoms with Crippen molar-refractivity contribution in [1.82, 2.24) is 9.97 Å². The Morgan fingerprint density at radius 1 is 1.04 bits per heavy atom. The predicted octanol–water partition coefficient (Wildman–Crippen LogP) is 4.91. The van der Waals surface area contributed by atoms with E-state index in [4.69, 9.17) is 0 Å². The molecule has 0 aliphatic carbocycles. The van der Waals surface area contributed by atoms with E-state index in [1.807, 2.05) is 30.3 Å². The van der Waals surface area contributed by atoms with Gasteiger partial charge in [0.05, 0.1) is 5.69 Å². The summed E-state index contributed by atoms with van der Waals surface area (Å²) in [6, 6.07) is 15.2. The Labute approximate surface area is 151 Å². The molecule has 0 radical (unpaired) electrons. The van der Waals surface area contributed by atoms with Gasteiger partial charge in [0, 0.05) is 24.8 Å². The third-order valence-electron chi connectivity index (χ3n) is 3.91. The van der Waals surface area contributed by atoms with Crippen LogP contribution in [-0.2, 0) is 6.54 Å². The second-order valence-corrected chi connectivity index (χ2v) is 6.20. The molecule has 0 aliphatic rings. The predicted molar refractivity (Wildman–Crippen MR) is 99.4 cm³/mol. The average molecular weight is 354 g/mol. The lowest BCUT2D eigenvalue weighted by atomic mass is 10.2. The molecule has 0 aliphatic heterocycles. The number of hydrogen-bond acceptors (Lipinski definition) is 4. The molecule has 0 bridgehead atoms. The number of halogens is 2. The lowest BCUT2D eigenvalue weighted by Gasteiger charge is -2.27. The fourth-order valence-electron chi connectivity index (χ4n) is 2.55. The summed E-state index contributed by atoms with van der Waals surface area (Å²) in [6.45, 7) is 4.78. The molecule has 2 aromatic carbocycles. The van der Waals surface area contributed by atoms with Gasteiger partial charge in [0.1, 0.15) is 17.5 Å². The Bertz CT molecular complexity index is 869. The van der Waals surface area contributed by atoms with Gasteiger partial charge in [-0.05, 0) is 37.6 Å². The van der Waals surface area contributed by atoms with Crippen molar-refractivity contribution in [1.29, 1.82) is 0 Å². The summed E-state index contributed by atoms with van der Waals surface area (Å²) in [7, 11) is 0. The highest BCUT2D eigenvalue weighted by atomic mass is 19.1. The molecule has 0 saturated heterocycles. The number of aromatic nitrogens is 2. The van der Waals surface area contributed by atoms with Gasteiger partial charge in [-0.2, -0.15) is 4.98 Å². The molecule has 0 unspecified atom stereocenters. The van der Waals surface area contributed by atoms with E-state index >= 15 is 0 Å². The van der Waals surface area contributed by atoms with E-state index < -0.39 is 11.6 Å². The Morgan fingerprint density at radius 2 is 1.81 bits per heavy atom. The van der Waals surface area contributed by atoms with E-state index in [2.05, 4.69) is 34.0 Å². The van der Waals surface area contributed by atoms with Crippen molar-refractivity contribution in [2.75, 3.05) is 10.2 Å². The Morgan fingerprint density at radius 3 is 2.50 bits per heavy atom. The molecule has 26 heavy (non-hydrogen) atoms. The zero-order chi connectivity index (χ0) is 18.5. The number of nitrogens with zero attached hydrogens (tertiary/aromatic N) is 3. The molecule has 3 aromatic rings. The molecule has 0 saturated carbocycles. The topological polar surface area (TPSA) is 41.1 Å². The van der Waals surface area contributed by atoms with Crippen molar-refractivity contribution < 1.29 is 8.78 Å². The van der Waals surface area contributed by atoms with Crippen LogP contribution in [0, 0.1) is 11.6 Å². The van der Waals surface area contributed by atoms with E-state index in [0.717, 1.165) is 11.6 Å². The van der Waals surface area contributed by atoms with E-state index in [0.29, 0.717) is 18.3 Å². The van der Waals surface area contributed by atoms with Gasteiger partial charge in [0.25, 0.3) is 0 Å². The minimum absolute atomic E-state index is 0.162. The lowest BCUT2D eigenvalue weighted by molar-refractivity contribution is 0.586. The van der Waals surface area contributed by atoms with Gasteiger partial charge in [-0.3, -0.25) is 0 Å². The maximum Gasteiger partial charge on any atom is 0.227 e. The van der Waals surface area contributed by atoms with Crippen LogP contribution in [0.2, 0.25) is 0 Å². The molecule has 3 rings (SSSR count). The lowest BCUT2D eigenvalue weighted by Crippen LogP contribution is -2.31. The highest BCUT2D eigenvalue weighted by Crippen LogP contribution is 2.22. The molecule has 0 atom stereocenters. The van der Waals surface area contributed by atoms with Crippen LogP contribution in [-0.4, -0.2) is 16.0 Å². The summed E-state index contributed by atoms with van der Waals surface area (Å²) < 4.78 is 26.9. The van der Waals surface area contributed by atoms with E-state index in [-0.39, 0.29) is 11.7 Å². The Kier molecular flexibility index (Phi) is 5.41. The fourth-order valence-corrected chi connectivity index (χ4v) is 2.55. The summed E-state index contributed by atoms with van der Waals surface area (Å²) in [5.41, 5.74) is 1.31. The number of rotatable bonds is 6. The molecular formula is C20H20F2N4. The van der Waals surface area contributed by atoms with Crippen molar-refractivity contribution in [2.45, 2.75) is 26.4 Å². The first-order chi connectivity index (χ1) is 12.5. The Balaban J connectivity index is 1.84. The van der Waals surface area contributed by atoms with E-state index in [9.17, 15) is 8.78 Å². The van der Waals surface area contributed by atoms with Crippen LogP contribution >= 0.6 is 0 Å². The van der Waals surface area contributed by atoms with Crippen LogP contribution in [0.1, 0.15) is 19.4 Å². The molecular weight excluding hydrogens is 334 g/mol. The fraction of sp³-hybridized carbons (Fsp3) is 0.200. The zero-order valence-electron chi connectivity index (χ0n) is 14.7. The van der Waals surface area contributed by atoms with Crippen molar-refractivity contribution in [3.05, 3.63) is 78.0 Å². The number of nitrogens with one attached hydrogen (secondary N) is 1. The van der Waals surface area contributed by atoms with Crippen molar-refractivity contribution >= 4 is 17.5 Å². The minimum Gasteiger partial charge on any atom is -0.338 e. The first-order valence-electron chi connectivity index (χ1n) is 8.38. The van der Waals surface area contributed by atoms with Crippen LogP contribution < -0.4 is 10.2 Å². The minimum atomic E-state index is -0.671. The molecule has 1 N–H and O–H groups in total. The van der Waals surface area contributed by atoms with Gasteiger partial charge < -0.3 is 10.2 Å². The molecule has 1 aromatic heterocycles. The van der Waals surface area contributed by atoms with Gasteiger partial charge in [-0.25, -0.2) is 13.8 Å². The highest BCUT2D eigenvalue weighted by Gasteiger charge is 2.15. The number of hydrogen-bond donors (Lipinski definition) is 1. The van der Waals surface area contributed by atoms with Gasteiger partial charge >= 0.3 is 0 Å². The first kappa shape index (κ1) is 17.8. The SMILES string of the molecule is CC(C)N(Cc1ccccc1)c1nccc(Nc2ccc(F)cc2F)n1. The van der Waals surface area contributed by atoms with Crippen LogP contribution in [0.4, 0.5) is 26.2 Å². The molecule has 134 valence electrons. The molecule has 4 nitrogen and oxygen atoms in total. The summed E-state index contributed by atoms with van der Waals surface area (Å²) in [5, 5.41) is 2.88. The van der Waals surface area contributed by atoms with Crippen molar-refractivity contribution in [3.8, 4) is 0 Å². The maximum absolute atomic E-state index is 13.9. The Hall–Kier alpha value is -3.02. The van der Waals surface area contributed by atoms with Gasteiger partial charge in [0.15, 0.2) is 0 Å². The summed E-state index contributed by atoms with van der Waals surface area (Å²) in [5.74, 6) is -0.309. The molecule has 1 heterocycles. The smallest absolute Gasteiger partial charge is 0.227 e. The summed E-state index contributed by atoms with van der Waals surface area (Å²) in [4.78, 5) is 10.9. The standard InChI is InChI=1S/C20H20F2N4/c1-14(2)26(13-15-6-4-3-5-7-15)20-23-11-10-19(25-20)24-18-9-8-16(21)12-17(18)22/h3-12,14H,13H2,1-2H3,(H,23,24,25). The molecule has 6 heteroatoms. The van der Waals surface area contributed by atoms with Crippen LogP contribution in [0.3, 0.4) is 0 Å². The summed E-state index contributed by atoms with van der Waals surface area (Å²) in [6.07, 6.45) is 1.62. The van der Waals surface area contributed by atoms with Crippen LogP contribution in [0.15, 0.2) is 60.8 Å². The summed E-state index contributed by atoms with van der Waals surface area (Å²) >= 11 is 0. The number of benzene rings is 2. The largest absolute Gasteiger partial charge is 0.338 e. The second kappa shape index (κ2) is 7.91. The quantitative estimate of drug-likeness (QED) is 0.683. The number of anilines is 3. The second-order valence-electron chi connectivity index (χ2n) is 6.20. The van der Waals surface area contributed by atoms with E-state index in [1.54, 1.807) is 12.3 Å². The van der Waals surface area contributed by atoms with Crippen LogP contribution in [0.5, 0.6) is 0 Å². The highest BCUT2D eigenvalue weighted by molar-refractivity contribution is 5.57. The normalized spacial score (nSPS) is 10.8. The molecule has 0 spiro atoms. The van der Waals surface area contributed by atoms with Crippen LogP contribution in [0.25, 0.3) is 0 Å². The molecule has 0 amide bonds. The molecule has 0 fully saturated rings. The average Bonchev–Trinajstić information content (AvgIpc) is 2.63. The zero-order valence-corrected chi connectivity index (χ0v) is 14.7. The maximum atomic E-state index is 13.9. The first-order valence-corrected chi connectivity index (χ1v) is 8.38. The van der Waals surface area contributed by atoms with Crippen molar-refractivity contribution in [3.63, 3.8) is 0 Å². The van der Waals surface area contributed by atoms with Gasteiger partial charge in [-0.15, -0.1) is 0 Å². The third kappa shape index (κ3) is 4.33. The van der Waals surface area contributed by atoms with Gasteiger partial charge in [-0.1, -0.05) is 30.3 Å². The van der Waals surface area contributed by atoms with Gasteiger partial charge in [0.2, 0.25) is 5.95 Å².